The number of thioether (sulfide) groups is 1. The van der Waals surface area contributed by atoms with Crippen LogP contribution in [0.25, 0.3) is 0 Å². The Morgan fingerprint density at radius 1 is 1.11 bits per heavy atom. The van der Waals surface area contributed by atoms with E-state index in [4.69, 9.17) is 0 Å². The second kappa shape index (κ2) is 7.39. The van der Waals surface area contributed by atoms with Gasteiger partial charge in [-0.2, -0.15) is 11.8 Å². The summed E-state index contributed by atoms with van der Waals surface area (Å²) in [6.07, 6.45) is 12.2. The summed E-state index contributed by atoms with van der Waals surface area (Å²) in [7, 11) is 0. The van der Waals surface area contributed by atoms with Crippen LogP contribution in [0.1, 0.15) is 51.4 Å². The van der Waals surface area contributed by atoms with Crippen molar-refractivity contribution in [3.8, 4) is 0 Å². The van der Waals surface area contributed by atoms with E-state index in [9.17, 15) is 4.79 Å². The quantitative estimate of drug-likeness (QED) is 0.805. The lowest BCUT2D eigenvalue weighted by molar-refractivity contribution is -0.121. The summed E-state index contributed by atoms with van der Waals surface area (Å²) in [5, 5.41) is 7.36. The van der Waals surface area contributed by atoms with Crippen molar-refractivity contribution in [1.29, 1.82) is 0 Å². The second-order valence-electron chi connectivity index (χ2n) is 5.65. The van der Waals surface area contributed by atoms with Gasteiger partial charge in [0.05, 0.1) is 6.54 Å². The molecule has 0 aliphatic heterocycles. The summed E-state index contributed by atoms with van der Waals surface area (Å²) in [5.74, 6) is 0.188. The average Bonchev–Trinajstić information content (AvgIpc) is 2.89. The fourth-order valence-electron chi connectivity index (χ4n) is 3.13. The summed E-state index contributed by atoms with van der Waals surface area (Å²) in [6, 6.07) is 0.995. The van der Waals surface area contributed by atoms with E-state index >= 15 is 0 Å². The molecule has 2 saturated carbocycles. The fraction of sp³-hybridized carbons (Fsp3) is 0.929. The highest BCUT2D eigenvalue weighted by Crippen LogP contribution is 2.26. The molecule has 104 valence electrons. The Hall–Kier alpha value is -0.220. The Bertz CT molecular complexity index is 267. The zero-order valence-electron chi connectivity index (χ0n) is 11.4. The normalized spacial score (nSPS) is 29.4. The molecule has 2 unspecified atom stereocenters. The molecule has 4 heteroatoms. The second-order valence-corrected chi connectivity index (χ2v) is 6.79. The smallest absolute Gasteiger partial charge is 0.234 e. The molecule has 0 heterocycles. The lowest BCUT2D eigenvalue weighted by Crippen LogP contribution is -2.44. The van der Waals surface area contributed by atoms with Crippen LogP contribution in [-0.4, -0.2) is 36.0 Å². The van der Waals surface area contributed by atoms with Crippen LogP contribution in [-0.2, 0) is 4.79 Å². The first-order chi connectivity index (χ1) is 8.78. The van der Waals surface area contributed by atoms with E-state index in [1.54, 1.807) is 0 Å². The largest absolute Gasteiger partial charge is 0.352 e. The molecule has 2 fully saturated rings. The third-order valence-corrected chi connectivity index (χ3v) is 5.33. The lowest BCUT2D eigenvalue weighted by Gasteiger charge is -2.28. The third-order valence-electron chi connectivity index (χ3n) is 4.23. The zero-order chi connectivity index (χ0) is 12.8. The van der Waals surface area contributed by atoms with Crippen molar-refractivity contribution in [3.05, 3.63) is 0 Å². The molecule has 0 radical (unpaired) electrons. The molecule has 0 aromatic rings. The Morgan fingerprint density at radius 3 is 2.56 bits per heavy atom. The van der Waals surface area contributed by atoms with Gasteiger partial charge in [-0.05, 0) is 38.4 Å². The van der Waals surface area contributed by atoms with Crippen molar-refractivity contribution >= 4 is 17.7 Å². The molecule has 18 heavy (non-hydrogen) atoms. The van der Waals surface area contributed by atoms with Crippen molar-refractivity contribution in [3.63, 3.8) is 0 Å². The number of hydrogen-bond donors (Lipinski definition) is 2. The molecule has 2 aliphatic rings. The monoisotopic (exact) mass is 270 g/mol. The molecular formula is C14H26N2OS. The van der Waals surface area contributed by atoms with Gasteiger partial charge < -0.3 is 10.6 Å². The predicted molar refractivity (Wildman–Crippen MR) is 78.0 cm³/mol. The van der Waals surface area contributed by atoms with Crippen LogP contribution >= 0.6 is 11.8 Å². The van der Waals surface area contributed by atoms with E-state index in [0.29, 0.717) is 18.6 Å². The molecule has 0 spiro atoms. The predicted octanol–water partition coefficient (Wildman–Crippen LogP) is 2.31. The standard InChI is InChI=1S/C14H26N2OS/c1-18-13-8-4-7-12(9-13)15-10-14(17)16-11-5-2-3-6-11/h11-13,15H,2-10H2,1H3,(H,16,17). The van der Waals surface area contributed by atoms with E-state index in [-0.39, 0.29) is 5.91 Å². The average molecular weight is 270 g/mol. The molecule has 0 aromatic carbocycles. The Kier molecular flexibility index (Phi) is 5.83. The number of nitrogens with one attached hydrogen (secondary N) is 2. The third kappa shape index (κ3) is 4.47. The first-order valence-electron chi connectivity index (χ1n) is 7.33. The molecular weight excluding hydrogens is 244 g/mol. The van der Waals surface area contributed by atoms with Gasteiger partial charge in [-0.25, -0.2) is 0 Å². The summed E-state index contributed by atoms with van der Waals surface area (Å²) >= 11 is 1.97. The van der Waals surface area contributed by atoms with Gasteiger partial charge in [0.25, 0.3) is 0 Å². The van der Waals surface area contributed by atoms with Crippen LogP contribution in [0.2, 0.25) is 0 Å². The molecule has 2 atom stereocenters. The minimum Gasteiger partial charge on any atom is -0.352 e. The van der Waals surface area contributed by atoms with Gasteiger partial charge >= 0.3 is 0 Å². The summed E-state index contributed by atoms with van der Waals surface area (Å²) < 4.78 is 0. The van der Waals surface area contributed by atoms with Crippen molar-refractivity contribution < 1.29 is 4.79 Å². The maximum absolute atomic E-state index is 11.8. The van der Waals surface area contributed by atoms with Gasteiger partial charge in [0, 0.05) is 17.3 Å². The highest BCUT2D eigenvalue weighted by atomic mass is 32.2. The summed E-state index contributed by atoms with van der Waals surface area (Å²) in [6.45, 7) is 0.502. The fourth-order valence-corrected chi connectivity index (χ4v) is 3.96. The van der Waals surface area contributed by atoms with Crippen LogP contribution in [0.3, 0.4) is 0 Å². The van der Waals surface area contributed by atoms with Crippen LogP contribution < -0.4 is 10.6 Å². The van der Waals surface area contributed by atoms with Crippen molar-refractivity contribution in [2.75, 3.05) is 12.8 Å². The number of carbonyl (C=O) groups is 1. The summed E-state index contributed by atoms with van der Waals surface area (Å²) in [5.41, 5.74) is 0. The van der Waals surface area contributed by atoms with Gasteiger partial charge in [0.1, 0.15) is 0 Å². The molecule has 0 bridgehead atoms. The Morgan fingerprint density at radius 2 is 1.83 bits per heavy atom. The molecule has 0 aromatic heterocycles. The first-order valence-corrected chi connectivity index (χ1v) is 8.62. The maximum atomic E-state index is 11.8. The zero-order valence-corrected chi connectivity index (χ0v) is 12.2. The molecule has 2 aliphatic carbocycles. The van der Waals surface area contributed by atoms with Crippen LogP contribution in [0.15, 0.2) is 0 Å². The van der Waals surface area contributed by atoms with Gasteiger partial charge in [-0.15, -0.1) is 0 Å². The van der Waals surface area contributed by atoms with Crippen molar-refractivity contribution in [2.45, 2.75) is 68.7 Å². The van der Waals surface area contributed by atoms with E-state index in [1.807, 2.05) is 11.8 Å². The maximum Gasteiger partial charge on any atom is 0.234 e. The van der Waals surface area contributed by atoms with Crippen LogP contribution in [0.4, 0.5) is 0 Å². The van der Waals surface area contributed by atoms with E-state index in [0.717, 1.165) is 5.25 Å². The van der Waals surface area contributed by atoms with Crippen molar-refractivity contribution in [2.24, 2.45) is 0 Å². The highest BCUT2D eigenvalue weighted by Gasteiger charge is 2.22. The number of hydrogen-bond acceptors (Lipinski definition) is 3. The number of amides is 1. The lowest BCUT2D eigenvalue weighted by atomic mass is 9.95. The SMILES string of the molecule is CSC1CCCC(NCC(=O)NC2CCCC2)C1. The Balaban J connectivity index is 1.62. The topological polar surface area (TPSA) is 41.1 Å². The minimum absolute atomic E-state index is 0.188. The van der Waals surface area contributed by atoms with Gasteiger partial charge in [0.2, 0.25) is 5.91 Å². The molecule has 1 amide bonds. The summed E-state index contributed by atoms with van der Waals surface area (Å²) in [4.78, 5) is 11.8. The van der Waals surface area contributed by atoms with Gasteiger partial charge in [-0.1, -0.05) is 19.3 Å². The number of carbonyl (C=O) groups excluding carboxylic acids is 1. The van der Waals surface area contributed by atoms with Crippen molar-refractivity contribution in [1.82, 2.24) is 10.6 Å². The highest BCUT2D eigenvalue weighted by molar-refractivity contribution is 7.99. The van der Waals surface area contributed by atoms with Gasteiger partial charge in [-0.3, -0.25) is 4.79 Å². The minimum atomic E-state index is 0.188. The van der Waals surface area contributed by atoms with E-state index in [1.165, 1.54) is 51.4 Å². The molecule has 2 rings (SSSR count). The Labute approximate surface area is 115 Å². The van der Waals surface area contributed by atoms with Gasteiger partial charge in [0.15, 0.2) is 0 Å². The van der Waals surface area contributed by atoms with Crippen LogP contribution in [0, 0.1) is 0 Å². The van der Waals surface area contributed by atoms with E-state index < -0.39 is 0 Å². The molecule has 0 saturated heterocycles. The number of rotatable bonds is 5. The van der Waals surface area contributed by atoms with E-state index in [2.05, 4.69) is 16.9 Å². The molecule has 2 N–H and O–H groups in total. The van der Waals surface area contributed by atoms with Crippen LogP contribution in [0.5, 0.6) is 0 Å². The first kappa shape index (κ1) is 14.2. The molecule has 3 nitrogen and oxygen atoms in total.